The van der Waals surface area contributed by atoms with Crippen molar-refractivity contribution >= 4 is 27.8 Å². The topological polar surface area (TPSA) is 134 Å². The molecule has 5 N–H and O–H groups in total. The number of amides is 1. The minimum atomic E-state index is -4.31. The lowest BCUT2D eigenvalue weighted by molar-refractivity contribution is 0.177. The third kappa shape index (κ3) is 3.81. The smallest absolute Gasteiger partial charge is 0.422 e. The molecule has 0 saturated carbocycles. The second-order valence-electron chi connectivity index (χ2n) is 3.28. The monoisotopic (exact) mass is 290 g/mol. The Morgan fingerprint density at radius 1 is 1.47 bits per heavy atom. The fourth-order valence-electron chi connectivity index (χ4n) is 1.20. The van der Waals surface area contributed by atoms with Crippen molar-refractivity contribution in [3.63, 3.8) is 0 Å². The van der Waals surface area contributed by atoms with E-state index < -0.39 is 33.5 Å². The summed E-state index contributed by atoms with van der Waals surface area (Å²) < 4.78 is 43.9. The fraction of sp³-hybridized carbons (Fsp3) is 0.111. The van der Waals surface area contributed by atoms with Crippen LogP contribution in [0.5, 0.6) is 0 Å². The van der Waals surface area contributed by atoms with Crippen molar-refractivity contribution in [1.29, 1.82) is 5.41 Å². The number of methoxy groups -OCH3 is 1. The summed E-state index contributed by atoms with van der Waals surface area (Å²) in [5, 5.41) is 7.19. The first-order valence-electron chi connectivity index (χ1n) is 4.78. The number of carbonyl (C=O) groups is 1. The van der Waals surface area contributed by atoms with E-state index in [1.807, 2.05) is 4.72 Å². The van der Waals surface area contributed by atoms with Gasteiger partial charge in [-0.3, -0.25) is 10.1 Å². The third-order valence-electron chi connectivity index (χ3n) is 1.93. The summed E-state index contributed by atoms with van der Waals surface area (Å²) >= 11 is 0. The van der Waals surface area contributed by atoms with Gasteiger partial charge in [0.1, 0.15) is 11.7 Å². The quantitative estimate of drug-likeness (QED) is 0.461. The van der Waals surface area contributed by atoms with Crippen LogP contribution in [0.3, 0.4) is 0 Å². The average molecular weight is 290 g/mol. The number of nitrogens with one attached hydrogen (secondary N) is 3. The standard InChI is InChI=1S/C9H11FN4O4S/c1-18-9(15)14-19(16,17)13-6-4-2-3-5(10)7(6)8(11)12/h2-4,13H,1H3,(H3,11,12)(H,14,15). The molecule has 8 nitrogen and oxygen atoms in total. The zero-order valence-electron chi connectivity index (χ0n) is 9.73. The van der Waals surface area contributed by atoms with Crippen molar-refractivity contribution < 1.29 is 22.3 Å². The number of amidine groups is 1. The van der Waals surface area contributed by atoms with Gasteiger partial charge >= 0.3 is 16.3 Å². The molecule has 0 aromatic heterocycles. The molecule has 0 aliphatic carbocycles. The van der Waals surface area contributed by atoms with Crippen LogP contribution >= 0.6 is 0 Å². The molecule has 0 saturated heterocycles. The maximum absolute atomic E-state index is 13.4. The number of hydrogen-bond acceptors (Lipinski definition) is 5. The van der Waals surface area contributed by atoms with Gasteiger partial charge in [0.2, 0.25) is 0 Å². The van der Waals surface area contributed by atoms with E-state index in [4.69, 9.17) is 11.1 Å². The summed E-state index contributed by atoms with van der Waals surface area (Å²) in [5.41, 5.74) is 4.47. The Bertz CT molecular complexity index is 617. The van der Waals surface area contributed by atoms with Crippen LogP contribution in [0.2, 0.25) is 0 Å². The first-order valence-corrected chi connectivity index (χ1v) is 6.26. The number of halogens is 1. The van der Waals surface area contributed by atoms with Crippen LogP contribution in [0, 0.1) is 11.2 Å². The minimum absolute atomic E-state index is 0.274. The van der Waals surface area contributed by atoms with Gasteiger partial charge in [0.15, 0.2) is 0 Å². The lowest BCUT2D eigenvalue weighted by Gasteiger charge is -2.12. The van der Waals surface area contributed by atoms with E-state index >= 15 is 0 Å². The van der Waals surface area contributed by atoms with Crippen LogP contribution in [0.15, 0.2) is 18.2 Å². The van der Waals surface area contributed by atoms with Crippen LogP contribution in [-0.2, 0) is 14.9 Å². The molecule has 0 atom stereocenters. The number of ether oxygens (including phenoxy) is 1. The highest BCUT2D eigenvalue weighted by atomic mass is 32.2. The van der Waals surface area contributed by atoms with Gasteiger partial charge in [-0.05, 0) is 12.1 Å². The maximum atomic E-state index is 13.4. The molecule has 0 bridgehead atoms. The number of nitrogens with two attached hydrogens (primary N) is 1. The van der Waals surface area contributed by atoms with Crippen LogP contribution in [0.4, 0.5) is 14.9 Å². The average Bonchev–Trinajstić information content (AvgIpc) is 2.26. The Balaban J connectivity index is 3.10. The number of carbonyl (C=O) groups excluding carboxylic acids is 1. The molecule has 10 heteroatoms. The molecule has 0 heterocycles. The van der Waals surface area contributed by atoms with Crippen molar-refractivity contribution in [2.45, 2.75) is 0 Å². The van der Waals surface area contributed by atoms with Crippen LogP contribution in [0.1, 0.15) is 5.56 Å². The van der Waals surface area contributed by atoms with Gasteiger partial charge in [-0.15, -0.1) is 0 Å². The number of benzene rings is 1. The summed E-state index contributed by atoms with van der Waals surface area (Å²) in [6.45, 7) is 0. The van der Waals surface area contributed by atoms with E-state index in [-0.39, 0.29) is 5.69 Å². The number of anilines is 1. The maximum Gasteiger partial charge on any atom is 0.422 e. The predicted octanol–water partition coefficient (Wildman–Crippen LogP) is 0.122. The lowest BCUT2D eigenvalue weighted by atomic mass is 10.1. The van der Waals surface area contributed by atoms with E-state index in [1.165, 1.54) is 16.9 Å². The zero-order chi connectivity index (χ0) is 14.6. The number of nitrogen functional groups attached to an aromatic ring is 1. The van der Waals surface area contributed by atoms with E-state index in [0.29, 0.717) is 0 Å². The van der Waals surface area contributed by atoms with Crippen molar-refractivity contribution in [2.75, 3.05) is 11.8 Å². The molecule has 1 aromatic carbocycles. The molecular weight excluding hydrogens is 279 g/mol. The summed E-state index contributed by atoms with van der Waals surface area (Å²) in [6, 6.07) is 3.43. The van der Waals surface area contributed by atoms with Gasteiger partial charge in [0, 0.05) is 0 Å². The van der Waals surface area contributed by atoms with Gasteiger partial charge in [0.25, 0.3) is 0 Å². The van der Waals surface area contributed by atoms with Crippen molar-refractivity contribution in [3.8, 4) is 0 Å². The summed E-state index contributed by atoms with van der Waals surface area (Å²) in [6.07, 6.45) is -1.21. The number of rotatable bonds is 4. The van der Waals surface area contributed by atoms with Crippen LogP contribution in [0.25, 0.3) is 0 Å². The zero-order valence-corrected chi connectivity index (χ0v) is 10.5. The number of hydrogen-bond donors (Lipinski definition) is 4. The third-order valence-corrected chi connectivity index (χ3v) is 2.85. The molecule has 0 aliphatic heterocycles. The molecular formula is C9H11FN4O4S. The van der Waals surface area contributed by atoms with E-state index in [1.54, 1.807) is 0 Å². The van der Waals surface area contributed by atoms with E-state index in [2.05, 4.69) is 4.74 Å². The van der Waals surface area contributed by atoms with Crippen LogP contribution < -0.4 is 15.2 Å². The molecule has 0 radical (unpaired) electrons. The summed E-state index contributed by atoms with van der Waals surface area (Å²) in [4.78, 5) is 10.8. The van der Waals surface area contributed by atoms with Gasteiger partial charge in [-0.25, -0.2) is 13.9 Å². The first-order chi connectivity index (χ1) is 8.76. The Morgan fingerprint density at radius 2 is 2.11 bits per heavy atom. The van der Waals surface area contributed by atoms with E-state index in [9.17, 15) is 17.6 Å². The second-order valence-corrected chi connectivity index (χ2v) is 4.69. The predicted molar refractivity (Wildman–Crippen MR) is 65.5 cm³/mol. The summed E-state index contributed by atoms with van der Waals surface area (Å²) in [5.74, 6) is -1.53. The molecule has 1 aromatic rings. The van der Waals surface area contributed by atoms with Gasteiger partial charge in [-0.1, -0.05) is 6.07 Å². The normalized spacial score (nSPS) is 10.6. The Labute approximate surface area is 108 Å². The Kier molecular flexibility index (Phi) is 4.27. The largest absolute Gasteiger partial charge is 0.452 e. The molecule has 104 valence electrons. The molecule has 1 rings (SSSR count). The molecule has 19 heavy (non-hydrogen) atoms. The second kappa shape index (κ2) is 5.52. The Hall–Kier alpha value is -2.36. The van der Waals surface area contributed by atoms with E-state index in [0.717, 1.165) is 13.2 Å². The SMILES string of the molecule is COC(=O)NS(=O)(=O)Nc1cccc(F)c1C(=N)N. The van der Waals surface area contributed by atoms with Gasteiger partial charge < -0.3 is 10.5 Å². The molecule has 0 aliphatic rings. The van der Waals surface area contributed by atoms with Crippen molar-refractivity contribution in [2.24, 2.45) is 5.73 Å². The molecule has 0 spiro atoms. The molecule has 0 fully saturated rings. The minimum Gasteiger partial charge on any atom is -0.452 e. The van der Waals surface area contributed by atoms with Crippen molar-refractivity contribution in [1.82, 2.24) is 4.72 Å². The highest BCUT2D eigenvalue weighted by molar-refractivity contribution is 7.91. The van der Waals surface area contributed by atoms with Gasteiger partial charge in [0.05, 0.1) is 18.4 Å². The molecule has 0 unspecified atom stereocenters. The first kappa shape index (κ1) is 14.7. The fourth-order valence-corrected chi connectivity index (χ4v) is 2.02. The lowest BCUT2D eigenvalue weighted by Crippen LogP contribution is -2.35. The van der Waals surface area contributed by atoms with Crippen molar-refractivity contribution in [3.05, 3.63) is 29.6 Å². The molecule has 1 amide bonds. The highest BCUT2D eigenvalue weighted by Gasteiger charge is 2.19. The van der Waals surface area contributed by atoms with Gasteiger partial charge in [-0.2, -0.15) is 8.42 Å². The summed E-state index contributed by atoms with van der Waals surface area (Å²) in [7, 11) is -3.33. The highest BCUT2D eigenvalue weighted by Crippen LogP contribution is 2.19. The Morgan fingerprint density at radius 3 is 2.63 bits per heavy atom. The van der Waals surface area contributed by atoms with Crippen LogP contribution in [-0.4, -0.2) is 27.5 Å².